The molecule has 1 aromatic heterocycles. The highest BCUT2D eigenvalue weighted by atomic mass is 31.0. The molecule has 3 rings (SSSR count). The van der Waals surface area contributed by atoms with Gasteiger partial charge in [-0.05, 0) is 41.4 Å². The van der Waals surface area contributed by atoms with Gasteiger partial charge in [0.1, 0.15) is 0 Å². The van der Waals surface area contributed by atoms with Crippen LogP contribution < -0.4 is 0 Å². The highest BCUT2D eigenvalue weighted by molar-refractivity contribution is 7.31. The van der Waals surface area contributed by atoms with Gasteiger partial charge in [-0.15, -0.1) is 0 Å². The van der Waals surface area contributed by atoms with E-state index in [1.807, 2.05) is 0 Å². The molecule has 0 N–H and O–H groups in total. The van der Waals surface area contributed by atoms with Crippen molar-refractivity contribution in [3.63, 3.8) is 0 Å². The van der Waals surface area contributed by atoms with E-state index in [1.54, 1.807) is 22.0 Å². The third kappa shape index (κ3) is 0.433. The van der Waals surface area contributed by atoms with Crippen LogP contribution in [0.1, 0.15) is 22.0 Å². The van der Waals surface area contributed by atoms with Crippen molar-refractivity contribution in [3.8, 4) is 0 Å². The molecule has 1 aromatic rings. The van der Waals surface area contributed by atoms with Crippen molar-refractivity contribution in [1.82, 2.24) is 0 Å². The first-order valence-corrected chi connectivity index (χ1v) is 4.60. The second kappa shape index (κ2) is 1.52. The Labute approximate surface area is 61.7 Å². The van der Waals surface area contributed by atoms with Crippen LogP contribution in [-0.4, -0.2) is 0 Å². The minimum atomic E-state index is 1.32. The number of rotatable bonds is 0. The van der Waals surface area contributed by atoms with Gasteiger partial charge in [-0.1, -0.05) is 14.3 Å². The lowest BCUT2D eigenvalue weighted by Crippen LogP contribution is -2.11. The zero-order valence-corrected chi connectivity index (χ0v) is 6.49. The molecule has 0 saturated heterocycles. The molecule has 0 spiro atoms. The van der Waals surface area contributed by atoms with Gasteiger partial charge in [0.25, 0.3) is 0 Å². The maximum atomic E-state index is 2.36. The van der Waals surface area contributed by atoms with Crippen molar-refractivity contribution in [2.75, 3.05) is 0 Å². The maximum Gasteiger partial charge on any atom is 0.00934 e. The van der Waals surface area contributed by atoms with Crippen molar-refractivity contribution in [2.45, 2.75) is 12.8 Å². The van der Waals surface area contributed by atoms with E-state index in [2.05, 4.69) is 18.0 Å². The Morgan fingerprint density at radius 3 is 2.70 bits per heavy atom. The van der Waals surface area contributed by atoms with E-state index < -0.39 is 0 Å². The van der Waals surface area contributed by atoms with Crippen LogP contribution in [0.25, 0.3) is 12.2 Å². The van der Waals surface area contributed by atoms with Crippen LogP contribution in [0.5, 0.6) is 0 Å². The lowest BCUT2D eigenvalue weighted by atomic mass is 9.85. The predicted octanol–water partition coefficient (Wildman–Crippen LogP) is 2.85. The van der Waals surface area contributed by atoms with E-state index in [9.17, 15) is 0 Å². The molecule has 0 unspecified atom stereocenters. The largest absolute Gasteiger partial charge is 0.0675 e. The molecule has 0 atom stereocenters. The molecule has 48 valence electrons. The molecule has 2 aliphatic rings. The van der Waals surface area contributed by atoms with Gasteiger partial charge < -0.3 is 0 Å². The van der Waals surface area contributed by atoms with Crippen LogP contribution in [0.3, 0.4) is 0 Å². The topological polar surface area (TPSA) is 0 Å². The van der Waals surface area contributed by atoms with Crippen molar-refractivity contribution >= 4 is 20.3 Å². The van der Waals surface area contributed by atoms with Crippen molar-refractivity contribution in [1.29, 1.82) is 0 Å². The van der Waals surface area contributed by atoms with Crippen LogP contribution >= 0.6 is 8.19 Å². The smallest absolute Gasteiger partial charge is 0.00934 e. The van der Waals surface area contributed by atoms with Gasteiger partial charge in [-0.25, -0.2) is 0 Å². The fraction of sp³-hybridized carbons (Fsp3) is 0.222. The van der Waals surface area contributed by atoms with Crippen molar-refractivity contribution in [2.24, 2.45) is 0 Å². The molecule has 0 aliphatic heterocycles. The number of hydrogen-bond donors (Lipinski definition) is 0. The molecule has 0 nitrogen and oxygen atoms in total. The molecule has 0 radical (unpaired) electrons. The lowest BCUT2D eigenvalue weighted by molar-refractivity contribution is 0.841. The third-order valence-corrected chi connectivity index (χ3v) is 3.51. The Morgan fingerprint density at radius 1 is 1.20 bits per heavy atom. The first-order chi connectivity index (χ1) is 4.95. The zero-order valence-electron chi connectivity index (χ0n) is 5.59. The fourth-order valence-electron chi connectivity index (χ4n) is 1.60. The quantitative estimate of drug-likeness (QED) is 0.536. The minimum Gasteiger partial charge on any atom is -0.0675 e. The molecular formula is C9H7P. The predicted molar refractivity (Wildman–Crippen MR) is 45.3 cm³/mol. The average Bonchev–Trinajstić information content (AvgIpc) is 1.84. The fourth-order valence-corrected chi connectivity index (χ4v) is 2.69. The highest BCUT2D eigenvalue weighted by Gasteiger charge is 2.20. The van der Waals surface area contributed by atoms with Gasteiger partial charge in [0, 0.05) is 5.30 Å². The molecule has 0 saturated carbocycles. The average molecular weight is 146 g/mol. The summed E-state index contributed by atoms with van der Waals surface area (Å²) in [6.07, 6.45) is 7.14. The first kappa shape index (κ1) is 5.09. The minimum absolute atomic E-state index is 1.32. The molecule has 0 amide bonds. The van der Waals surface area contributed by atoms with Crippen LogP contribution in [0.4, 0.5) is 0 Å². The van der Waals surface area contributed by atoms with Crippen LogP contribution in [-0.2, 0) is 12.8 Å². The van der Waals surface area contributed by atoms with Crippen molar-refractivity contribution < 1.29 is 0 Å². The van der Waals surface area contributed by atoms with Crippen molar-refractivity contribution in [3.05, 3.63) is 27.8 Å². The monoisotopic (exact) mass is 146 g/mol. The van der Waals surface area contributed by atoms with E-state index in [4.69, 9.17) is 0 Å². The van der Waals surface area contributed by atoms with E-state index in [1.165, 1.54) is 21.0 Å². The maximum absolute atomic E-state index is 2.36. The summed E-state index contributed by atoms with van der Waals surface area (Å²) in [5.74, 6) is 2.36. The molecule has 1 heteroatoms. The first-order valence-electron chi connectivity index (χ1n) is 3.64. The summed E-state index contributed by atoms with van der Waals surface area (Å²) in [6, 6.07) is 0. The number of hydrogen-bond acceptors (Lipinski definition) is 0. The molecule has 1 heterocycles. The van der Waals surface area contributed by atoms with Gasteiger partial charge in [-0.2, -0.15) is 0 Å². The Hall–Kier alpha value is -0.610. The Balaban J connectivity index is 2.38. The standard InChI is InChI=1S/C9H7P/c1-2-7-6(1)5-10-9-4-3-8(7)9/h3-5H,1-2H2. The molecule has 2 aliphatic carbocycles. The Bertz CT molecular complexity index is 337. The Kier molecular flexibility index (Phi) is 0.772. The van der Waals surface area contributed by atoms with E-state index in [0.29, 0.717) is 0 Å². The Morgan fingerprint density at radius 2 is 2.20 bits per heavy atom. The molecular weight excluding hydrogens is 139 g/mol. The lowest BCUT2D eigenvalue weighted by Gasteiger charge is -2.25. The molecule has 0 fully saturated rings. The highest BCUT2D eigenvalue weighted by Crippen LogP contribution is 2.40. The second-order valence-corrected chi connectivity index (χ2v) is 3.89. The van der Waals surface area contributed by atoms with Gasteiger partial charge in [-0.3, -0.25) is 0 Å². The van der Waals surface area contributed by atoms with E-state index in [0.717, 1.165) is 0 Å². The zero-order chi connectivity index (χ0) is 6.55. The summed E-state index contributed by atoms with van der Waals surface area (Å²) in [7, 11) is 1.43. The summed E-state index contributed by atoms with van der Waals surface area (Å²) in [6.45, 7) is 0. The van der Waals surface area contributed by atoms with Crippen LogP contribution in [0.2, 0.25) is 0 Å². The normalized spacial score (nSPS) is 17.6. The summed E-state index contributed by atoms with van der Waals surface area (Å²) in [4.78, 5) is 0. The second-order valence-electron chi connectivity index (χ2n) is 2.89. The summed E-state index contributed by atoms with van der Waals surface area (Å²) in [5.41, 5.74) is 4.81. The third-order valence-electron chi connectivity index (χ3n) is 2.40. The molecule has 0 bridgehead atoms. The SMILES string of the molecule is C1=Cc2c1pcc1c2CC1. The van der Waals surface area contributed by atoms with Gasteiger partial charge >= 0.3 is 0 Å². The van der Waals surface area contributed by atoms with Crippen LogP contribution in [0.15, 0.2) is 5.80 Å². The summed E-state index contributed by atoms with van der Waals surface area (Å²) in [5, 5.41) is 1.54. The van der Waals surface area contributed by atoms with E-state index >= 15 is 0 Å². The van der Waals surface area contributed by atoms with Gasteiger partial charge in [0.15, 0.2) is 0 Å². The van der Waals surface area contributed by atoms with Crippen LogP contribution in [0, 0.1) is 0 Å². The molecule has 10 heavy (non-hydrogen) atoms. The van der Waals surface area contributed by atoms with E-state index in [-0.39, 0.29) is 0 Å². The summed E-state index contributed by atoms with van der Waals surface area (Å²) >= 11 is 0. The molecule has 0 aromatic carbocycles. The number of aryl methyl sites for hydroxylation is 1. The number of fused-ring (bicyclic) bond motifs is 3. The van der Waals surface area contributed by atoms with Gasteiger partial charge in [0.05, 0.1) is 0 Å². The summed E-state index contributed by atoms with van der Waals surface area (Å²) < 4.78 is 0. The van der Waals surface area contributed by atoms with Gasteiger partial charge in [0.2, 0.25) is 0 Å².